The Morgan fingerprint density at radius 2 is 2.15 bits per heavy atom. The van der Waals surface area contributed by atoms with Crippen molar-refractivity contribution >= 4 is 12.2 Å². The van der Waals surface area contributed by atoms with Crippen molar-refractivity contribution in [2.45, 2.75) is 50.7 Å². The van der Waals surface area contributed by atoms with Gasteiger partial charge in [0.1, 0.15) is 12.3 Å². The highest BCUT2D eigenvalue weighted by atomic mass is 16.2. The number of amides is 1. The quantitative estimate of drug-likeness (QED) is 0.738. The normalized spacial score (nSPS) is 21.9. The molecule has 1 fully saturated rings. The topological polar surface area (TPSA) is 76.4 Å². The van der Waals surface area contributed by atoms with Crippen molar-refractivity contribution in [1.82, 2.24) is 15.1 Å². The summed E-state index contributed by atoms with van der Waals surface area (Å²) in [5, 5.41) is 12.3. The predicted octanol–water partition coefficient (Wildman–Crippen LogP) is 1.50. The Hall–Kier alpha value is -2.23. The van der Waals surface area contributed by atoms with Gasteiger partial charge in [-0.05, 0) is 43.7 Å². The fourth-order valence-corrected chi connectivity index (χ4v) is 3.90. The van der Waals surface area contributed by atoms with E-state index in [-0.39, 0.29) is 18.5 Å². The van der Waals surface area contributed by atoms with Gasteiger partial charge in [0.2, 0.25) is 5.91 Å². The van der Waals surface area contributed by atoms with E-state index in [1.807, 2.05) is 6.92 Å². The van der Waals surface area contributed by atoms with Gasteiger partial charge in [0.05, 0.1) is 18.2 Å². The highest BCUT2D eigenvalue weighted by Crippen LogP contribution is 2.20. The number of likely N-dealkylation sites (tertiary alicyclic amines) is 1. The van der Waals surface area contributed by atoms with Crippen LogP contribution < -0.4 is 5.32 Å². The van der Waals surface area contributed by atoms with Crippen LogP contribution >= 0.6 is 0 Å². The van der Waals surface area contributed by atoms with Crippen molar-refractivity contribution < 1.29 is 9.59 Å². The summed E-state index contributed by atoms with van der Waals surface area (Å²) >= 11 is 0. The van der Waals surface area contributed by atoms with E-state index in [1.54, 1.807) is 4.90 Å². The Labute approximate surface area is 161 Å². The van der Waals surface area contributed by atoms with Crippen LogP contribution in [0.2, 0.25) is 0 Å². The number of fused-ring (bicyclic) bond motifs is 1. The molecule has 0 aliphatic carbocycles. The summed E-state index contributed by atoms with van der Waals surface area (Å²) in [4.78, 5) is 28.1. The van der Waals surface area contributed by atoms with Crippen molar-refractivity contribution in [3.8, 4) is 6.07 Å². The zero-order chi connectivity index (χ0) is 19.3. The lowest BCUT2D eigenvalue weighted by Crippen LogP contribution is -2.51. The molecule has 2 heterocycles. The highest BCUT2D eigenvalue weighted by molar-refractivity contribution is 5.80. The average molecular weight is 368 g/mol. The Bertz CT molecular complexity index is 729. The van der Waals surface area contributed by atoms with Gasteiger partial charge in [-0.1, -0.05) is 24.3 Å². The standard InChI is InChI=1S/C21H28N4O2/c1-21(16-26,23-14-20(27)25-10-4-7-19(25)13-22)9-12-24-11-8-17-5-2-3-6-18(17)15-24/h2-3,5-6,16,19,23H,4,7-12,14-15H2,1H3/t19-,21?/m0/s1. The van der Waals surface area contributed by atoms with Crippen LogP contribution in [0.1, 0.15) is 37.3 Å². The number of nitriles is 1. The number of nitrogens with zero attached hydrogens (tertiary/aromatic N) is 3. The Morgan fingerprint density at radius 3 is 2.89 bits per heavy atom. The zero-order valence-electron chi connectivity index (χ0n) is 16.0. The van der Waals surface area contributed by atoms with E-state index in [1.165, 1.54) is 11.1 Å². The average Bonchev–Trinajstić information content (AvgIpc) is 3.19. The third kappa shape index (κ3) is 4.74. The van der Waals surface area contributed by atoms with Crippen LogP contribution in [0.3, 0.4) is 0 Å². The second-order valence-corrected chi connectivity index (χ2v) is 7.81. The summed E-state index contributed by atoms with van der Waals surface area (Å²) in [6.45, 7) is 5.26. The molecule has 1 aromatic rings. The molecule has 27 heavy (non-hydrogen) atoms. The molecule has 0 aromatic heterocycles. The van der Waals surface area contributed by atoms with Gasteiger partial charge < -0.3 is 9.69 Å². The molecule has 2 aliphatic rings. The van der Waals surface area contributed by atoms with E-state index in [0.29, 0.717) is 13.0 Å². The Morgan fingerprint density at radius 1 is 1.37 bits per heavy atom. The smallest absolute Gasteiger partial charge is 0.237 e. The van der Waals surface area contributed by atoms with Gasteiger partial charge >= 0.3 is 0 Å². The molecule has 0 radical (unpaired) electrons. The molecule has 144 valence electrons. The van der Waals surface area contributed by atoms with Gasteiger partial charge in [-0.25, -0.2) is 0 Å². The Kier molecular flexibility index (Phi) is 6.25. The minimum atomic E-state index is -0.742. The molecule has 3 rings (SSSR count). The predicted molar refractivity (Wildman–Crippen MR) is 103 cm³/mol. The van der Waals surface area contributed by atoms with E-state index in [2.05, 4.69) is 40.6 Å². The molecule has 1 aromatic carbocycles. The van der Waals surface area contributed by atoms with Crippen LogP contribution in [0.5, 0.6) is 0 Å². The molecule has 1 unspecified atom stereocenters. The molecule has 0 saturated carbocycles. The van der Waals surface area contributed by atoms with Crippen LogP contribution in [-0.2, 0) is 22.6 Å². The molecule has 0 bridgehead atoms. The Balaban J connectivity index is 1.50. The first-order chi connectivity index (χ1) is 13.0. The SMILES string of the molecule is CC(C=O)(CCN1CCc2ccccc2C1)NCC(=O)N1CCC[C@H]1C#N. The van der Waals surface area contributed by atoms with Gasteiger partial charge in [0, 0.05) is 26.2 Å². The lowest BCUT2D eigenvalue weighted by atomic mass is 9.96. The fraction of sp³-hybridized carbons (Fsp3) is 0.571. The summed E-state index contributed by atoms with van der Waals surface area (Å²) in [5.74, 6) is -0.0981. The number of benzene rings is 1. The number of rotatable bonds is 7. The second-order valence-electron chi connectivity index (χ2n) is 7.81. The molecule has 2 atom stereocenters. The maximum atomic E-state index is 12.4. The maximum absolute atomic E-state index is 12.4. The second kappa shape index (κ2) is 8.64. The minimum Gasteiger partial charge on any atom is -0.326 e. The third-order valence-electron chi connectivity index (χ3n) is 5.78. The van der Waals surface area contributed by atoms with Crippen LogP contribution in [0.25, 0.3) is 0 Å². The van der Waals surface area contributed by atoms with Crippen LogP contribution in [-0.4, -0.2) is 59.8 Å². The first-order valence-corrected chi connectivity index (χ1v) is 9.74. The lowest BCUT2D eigenvalue weighted by Gasteiger charge is -2.32. The molecule has 6 heteroatoms. The molecule has 1 amide bonds. The van der Waals surface area contributed by atoms with Gasteiger partial charge in [-0.3, -0.25) is 15.0 Å². The van der Waals surface area contributed by atoms with Crippen molar-refractivity contribution in [2.24, 2.45) is 0 Å². The van der Waals surface area contributed by atoms with Gasteiger partial charge in [0.15, 0.2) is 0 Å². The summed E-state index contributed by atoms with van der Waals surface area (Å²) in [6, 6.07) is 10.4. The van der Waals surface area contributed by atoms with E-state index in [9.17, 15) is 9.59 Å². The first kappa shape index (κ1) is 19.5. The maximum Gasteiger partial charge on any atom is 0.237 e. The molecule has 0 spiro atoms. The van der Waals surface area contributed by atoms with E-state index in [0.717, 1.165) is 45.2 Å². The van der Waals surface area contributed by atoms with Crippen molar-refractivity contribution in [3.05, 3.63) is 35.4 Å². The largest absolute Gasteiger partial charge is 0.326 e. The van der Waals surface area contributed by atoms with Gasteiger partial charge in [0.25, 0.3) is 0 Å². The van der Waals surface area contributed by atoms with Gasteiger partial charge in [-0.15, -0.1) is 0 Å². The number of aldehydes is 1. The summed E-state index contributed by atoms with van der Waals surface area (Å²) in [5.41, 5.74) is 2.03. The van der Waals surface area contributed by atoms with Crippen molar-refractivity contribution in [1.29, 1.82) is 5.26 Å². The van der Waals surface area contributed by atoms with E-state index < -0.39 is 5.54 Å². The van der Waals surface area contributed by atoms with Gasteiger partial charge in [-0.2, -0.15) is 5.26 Å². The van der Waals surface area contributed by atoms with E-state index in [4.69, 9.17) is 5.26 Å². The third-order valence-corrected chi connectivity index (χ3v) is 5.78. The lowest BCUT2D eigenvalue weighted by molar-refractivity contribution is -0.130. The summed E-state index contributed by atoms with van der Waals surface area (Å²) < 4.78 is 0. The van der Waals surface area contributed by atoms with Crippen LogP contribution in [0.15, 0.2) is 24.3 Å². The monoisotopic (exact) mass is 368 g/mol. The number of nitrogens with one attached hydrogen (secondary N) is 1. The number of hydrogen-bond donors (Lipinski definition) is 1. The first-order valence-electron chi connectivity index (χ1n) is 9.74. The molecule has 6 nitrogen and oxygen atoms in total. The molecule has 1 N–H and O–H groups in total. The summed E-state index contributed by atoms with van der Waals surface area (Å²) in [6.07, 6.45) is 4.19. The molecular formula is C21H28N4O2. The van der Waals surface area contributed by atoms with Crippen molar-refractivity contribution in [2.75, 3.05) is 26.2 Å². The number of hydrogen-bond acceptors (Lipinski definition) is 5. The van der Waals surface area contributed by atoms with E-state index >= 15 is 0 Å². The van der Waals surface area contributed by atoms with Crippen molar-refractivity contribution in [3.63, 3.8) is 0 Å². The molecule has 2 aliphatic heterocycles. The summed E-state index contributed by atoms with van der Waals surface area (Å²) in [7, 11) is 0. The highest BCUT2D eigenvalue weighted by Gasteiger charge is 2.31. The number of carbonyl (C=O) groups is 2. The fourth-order valence-electron chi connectivity index (χ4n) is 3.90. The number of carbonyl (C=O) groups excluding carboxylic acids is 2. The van der Waals surface area contributed by atoms with Crippen LogP contribution in [0, 0.1) is 11.3 Å². The minimum absolute atomic E-state index is 0.0935. The van der Waals surface area contributed by atoms with Crippen LogP contribution in [0.4, 0.5) is 0 Å². The molecule has 1 saturated heterocycles. The molecular weight excluding hydrogens is 340 g/mol. The zero-order valence-corrected chi connectivity index (χ0v) is 16.0.